The van der Waals surface area contributed by atoms with Crippen molar-refractivity contribution >= 4 is 40.7 Å². The second-order valence-corrected chi connectivity index (χ2v) is 8.06. The van der Waals surface area contributed by atoms with Crippen LogP contribution in [0.5, 0.6) is 5.75 Å². The molecule has 0 aliphatic carbocycles. The van der Waals surface area contributed by atoms with Crippen molar-refractivity contribution in [2.75, 3.05) is 25.1 Å². The molecule has 4 N–H and O–H groups in total. The van der Waals surface area contributed by atoms with Gasteiger partial charge in [0, 0.05) is 29.8 Å². The third-order valence-corrected chi connectivity index (χ3v) is 4.56. The van der Waals surface area contributed by atoms with Crippen LogP contribution < -0.4 is 26.2 Å². The molecular weight excluding hydrogens is 456 g/mol. The zero-order valence-corrected chi connectivity index (χ0v) is 20.3. The number of ether oxygens (including phenoxy) is 2. The summed E-state index contributed by atoms with van der Waals surface area (Å²) in [4.78, 5) is 36.4. The van der Waals surface area contributed by atoms with E-state index in [0.717, 1.165) is 0 Å². The number of carbonyl (C=O) groups is 3. The van der Waals surface area contributed by atoms with Gasteiger partial charge >= 0.3 is 0 Å². The Morgan fingerprint density at radius 1 is 0.882 bits per heavy atom. The van der Waals surface area contributed by atoms with E-state index in [1.165, 1.54) is 0 Å². The first-order valence-electron chi connectivity index (χ1n) is 10.9. The Hall–Kier alpha value is -3.50. The lowest BCUT2D eigenvalue weighted by atomic mass is 10.1. The predicted molar refractivity (Wildman–Crippen MR) is 134 cm³/mol. The van der Waals surface area contributed by atoms with Gasteiger partial charge < -0.3 is 14.8 Å². The molecule has 0 unspecified atom stereocenters. The fourth-order valence-corrected chi connectivity index (χ4v) is 2.89. The van der Waals surface area contributed by atoms with Gasteiger partial charge in [0.15, 0.2) is 5.11 Å². The number of thiocarbonyl (C=S) groups is 1. The highest BCUT2D eigenvalue weighted by atomic mass is 32.1. The van der Waals surface area contributed by atoms with Gasteiger partial charge in [0.1, 0.15) is 12.4 Å². The number of hydrogen-bond donors (Lipinski definition) is 4. The summed E-state index contributed by atoms with van der Waals surface area (Å²) >= 11 is 5.07. The summed E-state index contributed by atoms with van der Waals surface area (Å²) in [5.41, 5.74) is 6.24. The molecule has 34 heavy (non-hydrogen) atoms. The van der Waals surface area contributed by atoms with Crippen molar-refractivity contribution in [2.24, 2.45) is 5.92 Å². The van der Waals surface area contributed by atoms with E-state index in [9.17, 15) is 14.4 Å². The van der Waals surface area contributed by atoms with Crippen molar-refractivity contribution in [2.45, 2.75) is 27.2 Å². The minimum atomic E-state index is -0.454. The third-order valence-electron chi connectivity index (χ3n) is 4.36. The summed E-state index contributed by atoms with van der Waals surface area (Å²) in [5.74, 6) is -0.0996. The van der Waals surface area contributed by atoms with Gasteiger partial charge in [0.25, 0.3) is 11.8 Å². The smallest absolute Gasteiger partial charge is 0.269 e. The molecule has 0 aliphatic heterocycles. The summed E-state index contributed by atoms with van der Waals surface area (Å²) < 4.78 is 10.7. The molecule has 2 aromatic rings. The molecule has 0 saturated carbocycles. The summed E-state index contributed by atoms with van der Waals surface area (Å²) in [6, 6.07) is 13.0. The number of hydrazine groups is 1. The average Bonchev–Trinajstić information content (AvgIpc) is 2.80. The SMILES string of the molecule is CCOCCOc1ccc(C(=O)NC(=S)NNC(=O)c2ccc(NC(=O)CC(C)C)cc2)cc1. The van der Waals surface area contributed by atoms with E-state index in [2.05, 4.69) is 21.5 Å². The summed E-state index contributed by atoms with van der Waals surface area (Å²) in [5, 5.41) is 5.20. The van der Waals surface area contributed by atoms with E-state index in [1.807, 2.05) is 20.8 Å². The molecule has 0 aromatic heterocycles. The molecule has 182 valence electrons. The standard InChI is InChI=1S/C24H30N4O5S/c1-4-32-13-14-33-20-11-7-17(8-12-20)22(30)26-24(34)28-27-23(31)18-5-9-19(10-6-18)25-21(29)15-16(2)3/h5-12,16H,4,13-15H2,1-3H3,(H,25,29)(H,27,31)(H2,26,28,30,34). The first kappa shape index (κ1) is 26.7. The quantitative estimate of drug-likeness (QED) is 0.232. The van der Waals surface area contributed by atoms with E-state index in [-0.39, 0.29) is 16.9 Å². The highest BCUT2D eigenvalue weighted by Crippen LogP contribution is 2.13. The second kappa shape index (κ2) is 13.9. The second-order valence-electron chi connectivity index (χ2n) is 7.66. The lowest BCUT2D eigenvalue weighted by Gasteiger charge is -2.12. The maximum absolute atomic E-state index is 12.3. The third kappa shape index (κ3) is 9.55. The number of nitrogens with one attached hydrogen (secondary N) is 4. The van der Waals surface area contributed by atoms with Crippen LogP contribution in [0, 0.1) is 5.92 Å². The van der Waals surface area contributed by atoms with Crippen molar-refractivity contribution in [3.8, 4) is 5.75 Å². The van der Waals surface area contributed by atoms with Crippen LogP contribution in [0.4, 0.5) is 5.69 Å². The van der Waals surface area contributed by atoms with Crippen molar-refractivity contribution in [1.82, 2.24) is 16.2 Å². The van der Waals surface area contributed by atoms with Crippen LogP contribution in [-0.2, 0) is 9.53 Å². The van der Waals surface area contributed by atoms with E-state index < -0.39 is 11.8 Å². The van der Waals surface area contributed by atoms with Crippen molar-refractivity contribution < 1.29 is 23.9 Å². The molecule has 0 heterocycles. The minimum Gasteiger partial charge on any atom is -0.491 e. The Morgan fingerprint density at radius 2 is 1.50 bits per heavy atom. The fourth-order valence-electron chi connectivity index (χ4n) is 2.75. The summed E-state index contributed by atoms with van der Waals surface area (Å²) in [6.45, 7) is 7.37. The molecule has 0 fully saturated rings. The summed E-state index contributed by atoms with van der Waals surface area (Å²) in [6.07, 6.45) is 0.418. The minimum absolute atomic E-state index is 0.0621. The molecule has 10 heteroatoms. The van der Waals surface area contributed by atoms with Gasteiger partial charge in [-0.3, -0.25) is 30.6 Å². The number of rotatable bonds is 10. The maximum Gasteiger partial charge on any atom is 0.269 e. The van der Waals surface area contributed by atoms with Crippen molar-refractivity contribution in [3.05, 3.63) is 59.7 Å². The molecule has 9 nitrogen and oxygen atoms in total. The van der Waals surface area contributed by atoms with Crippen LogP contribution in [-0.4, -0.2) is 42.7 Å². The number of amides is 3. The van der Waals surface area contributed by atoms with Gasteiger partial charge in [-0.2, -0.15) is 0 Å². The van der Waals surface area contributed by atoms with Crippen molar-refractivity contribution in [1.29, 1.82) is 0 Å². The molecule has 0 spiro atoms. The molecular formula is C24H30N4O5S. The van der Waals surface area contributed by atoms with Crippen molar-refractivity contribution in [3.63, 3.8) is 0 Å². The topological polar surface area (TPSA) is 118 Å². The van der Waals surface area contributed by atoms with Gasteiger partial charge in [-0.1, -0.05) is 13.8 Å². The highest BCUT2D eigenvalue weighted by molar-refractivity contribution is 7.80. The lowest BCUT2D eigenvalue weighted by Crippen LogP contribution is -2.48. The van der Waals surface area contributed by atoms with Gasteiger partial charge in [-0.15, -0.1) is 0 Å². The van der Waals surface area contributed by atoms with Crippen LogP contribution in [0.15, 0.2) is 48.5 Å². The van der Waals surface area contributed by atoms with E-state index in [1.54, 1.807) is 48.5 Å². The van der Waals surface area contributed by atoms with Gasteiger partial charge in [-0.25, -0.2) is 0 Å². The zero-order chi connectivity index (χ0) is 24.9. The molecule has 0 radical (unpaired) electrons. The number of benzene rings is 2. The highest BCUT2D eigenvalue weighted by Gasteiger charge is 2.11. The average molecular weight is 487 g/mol. The number of hydrogen-bond acceptors (Lipinski definition) is 6. The molecule has 0 bridgehead atoms. The molecule has 2 aromatic carbocycles. The molecule has 0 saturated heterocycles. The largest absolute Gasteiger partial charge is 0.491 e. The van der Waals surface area contributed by atoms with E-state index in [4.69, 9.17) is 21.7 Å². The lowest BCUT2D eigenvalue weighted by molar-refractivity contribution is -0.116. The normalized spacial score (nSPS) is 10.4. The molecule has 3 amide bonds. The van der Waals surface area contributed by atoms with Crippen LogP contribution in [0.1, 0.15) is 47.9 Å². The van der Waals surface area contributed by atoms with Gasteiger partial charge in [-0.05, 0) is 73.6 Å². The van der Waals surface area contributed by atoms with Gasteiger partial charge in [0.05, 0.1) is 6.61 Å². The zero-order valence-electron chi connectivity index (χ0n) is 19.5. The monoisotopic (exact) mass is 486 g/mol. The first-order chi connectivity index (χ1) is 16.3. The Bertz CT molecular complexity index is 978. The van der Waals surface area contributed by atoms with Crippen LogP contribution >= 0.6 is 12.2 Å². The number of anilines is 1. The Balaban J connectivity index is 1.77. The van der Waals surface area contributed by atoms with Gasteiger partial charge in [0.2, 0.25) is 5.91 Å². The summed E-state index contributed by atoms with van der Waals surface area (Å²) in [7, 11) is 0. The molecule has 0 atom stereocenters. The Labute approximate surface area is 204 Å². The van der Waals surface area contributed by atoms with E-state index >= 15 is 0 Å². The molecule has 2 rings (SSSR count). The maximum atomic E-state index is 12.3. The first-order valence-corrected chi connectivity index (χ1v) is 11.3. The fraction of sp³-hybridized carbons (Fsp3) is 0.333. The van der Waals surface area contributed by atoms with Crippen LogP contribution in [0.3, 0.4) is 0 Å². The number of carbonyl (C=O) groups excluding carboxylic acids is 3. The predicted octanol–water partition coefficient (Wildman–Crippen LogP) is 3.04. The Morgan fingerprint density at radius 3 is 2.12 bits per heavy atom. The van der Waals surface area contributed by atoms with Crippen LogP contribution in [0.2, 0.25) is 0 Å². The molecule has 0 aliphatic rings. The Kier molecular flexibility index (Phi) is 10.9. The van der Waals surface area contributed by atoms with E-state index in [0.29, 0.717) is 48.8 Å². The van der Waals surface area contributed by atoms with Crippen LogP contribution in [0.25, 0.3) is 0 Å².